The maximum absolute atomic E-state index is 11.6. The molecular weight excluding hydrogens is 274 g/mol. The van der Waals surface area contributed by atoms with Crippen molar-refractivity contribution < 1.29 is 9.53 Å². The van der Waals surface area contributed by atoms with Gasteiger partial charge >= 0.3 is 0 Å². The Morgan fingerprint density at radius 2 is 2.30 bits per heavy atom. The highest BCUT2D eigenvalue weighted by Crippen LogP contribution is 2.31. The number of amides is 1. The molecule has 1 aliphatic rings. The first-order valence-electron chi connectivity index (χ1n) is 6.12. The summed E-state index contributed by atoms with van der Waals surface area (Å²) in [5.74, 6) is 0.554. The van der Waals surface area contributed by atoms with Crippen LogP contribution in [0.3, 0.4) is 0 Å². The smallest absolute Gasteiger partial charge is 0.265 e. The zero-order valence-corrected chi connectivity index (χ0v) is 11.6. The summed E-state index contributed by atoms with van der Waals surface area (Å²) in [6, 6.07) is 5.64. The first kappa shape index (κ1) is 12.7. The largest absolute Gasteiger partial charge is 0.479 e. The van der Waals surface area contributed by atoms with Gasteiger partial charge in [-0.05, 0) is 30.7 Å². The van der Waals surface area contributed by atoms with Gasteiger partial charge < -0.3 is 15.8 Å². The summed E-state index contributed by atoms with van der Waals surface area (Å²) >= 11 is 1.40. The highest BCUT2D eigenvalue weighted by molar-refractivity contribution is 7.13. The number of ether oxygens (including phenoxy) is 1. The van der Waals surface area contributed by atoms with Crippen LogP contribution >= 0.6 is 11.3 Å². The Labute approximate surface area is 120 Å². The number of benzene rings is 1. The molecule has 102 valence electrons. The molecule has 0 spiro atoms. The van der Waals surface area contributed by atoms with Crippen LogP contribution in [0.25, 0.3) is 12.2 Å². The number of carbonyl (C=O) groups is 1. The summed E-state index contributed by atoms with van der Waals surface area (Å²) in [5, 5.41) is 5.25. The third kappa shape index (κ3) is 2.50. The van der Waals surface area contributed by atoms with E-state index in [0.717, 1.165) is 11.3 Å². The van der Waals surface area contributed by atoms with E-state index in [0.29, 0.717) is 16.6 Å². The average molecular weight is 287 g/mol. The third-order valence-electron chi connectivity index (χ3n) is 2.92. The number of nitrogens with zero attached hydrogens (tertiary/aromatic N) is 1. The molecule has 1 unspecified atom stereocenters. The van der Waals surface area contributed by atoms with Crippen LogP contribution in [0.5, 0.6) is 5.75 Å². The molecule has 6 heteroatoms. The van der Waals surface area contributed by atoms with Crippen LogP contribution in [-0.4, -0.2) is 17.0 Å². The van der Waals surface area contributed by atoms with Crippen molar-refractivity contribution in [3.63, 3.8) is 0 Å². The van der Waals surface area contributed by atoms with E-state index in [4.69, 9.17) is 10.5 Å². The van der Waals surface area contributed by atoms with Gasteiger partial charge in [-0.3, -0.25) is 4.79 Å². The average Bonchev–Trinajstić information content (AvgIpc) is 2.84. The lowest BCUT2D eigenvalue weighted by Crippen LogP contribution is -2.34. The molecular formula is C14H13N3O2S. The Kier molecular flexibility index (Phi) is 3.15. The van der Waals surface area contributed by atoms with E-state index in [1.165, 1.54) is 11.3 Å². The van der Waals surface area contributed by atoms with Crippen molar-refractivity contribution in [1.82, 2.24) is 4.98 Å². The van der Waals surface area contributed by atoms with Gasteiger partial charge in [0.1, 0.15) is 5.75 Å². The summed E-state index contributed by atoms with van der Waals surface area (Å²) in [5.41, 5.74) is 8.04. The second-order valence-corrected chi connectivity index (χ2v) is 5.34. The molecule has 0 aliphatic carbocycles. The lowest BCUT2D eigenvalue weighted by molar-refractivity contribution is -0.122. The topological polar surface area (TPSA) is 77.2 Å². The van der Waals surface area contributed by atoms with E-state index in [9.17, 15) is 4.79 Å². The number of anilines is 2. The summed E-state index contributed by atoms with van der Waals surface area (Å²) < 4.78 is 5.50. The monoisotopic (exact) mass is 287 g/mol. The van der Waals surface area contributed by atoms with Crippen LogP contribution in [0.2, 0.25) is 0 Å². The van der Waals surface area contributed by atoms with Crippen LogP contribution < -0.4 is 15.8 Å². The molecule has 1 aromatic heterocycles. The highest BCUT2D eigenvalue weighted by atomic mass is 32.1. The summed E-state index contributed by atoms with van der Waals surface area (Å²) in [6.07, 6.45) is 3.34. The minimum atomic E-state index is -0.457. The maximum Gasteiger partial charge on any atom is 0.265 e. The molecule has 2 aromatic rings. The van der Waals surface area contributed by atoms with E-state index >= 15 is 0 Å². The molecule has 1 aromatic carbocycles. The summed E-state index contributed by atoms with van der Waals surface area (Å²) in [7, 11) is 0. The molecule has 0 radical (unpaired) electrons. The first-order chi connectivity index (χ1) is 9.61. The molecule has 1 amide bonds. The van der Waals surface area contributed by atoms with Gasteiger partial charge in [-0.15, -0.1) is 11.3 Å². The predicted molar refractivity (Wildman–Crippen MR) is 80.6 cm³/mol. The first-order valence-corrected chi connectivity index (χ1v) is 7.00. The SMILES string of the molecule is CC1Oc2ccc(C=Cc3csc(N)n3)cc2NC1=O. The van der Waals surface area contributed by atoms with Crippen molar-refractivity contribution in [1.29, 1.82) is 0 Å². The fourth-order valence-corrected chi connectivity index (χ4v) is 2.42. The fourth-order valence-electron chi connectivity index (χ4n) is 1.89. The molecule has 20 heavy (non-hydrogen) atoms. The van der Waals surface area contributed by atoms with Crippen molar-refractivity contribution in [2.45, 2.75) is 13.0 Å². The normalized spacial score (nSPS) is 17.6. The number of nitrogens with one attached hydrogen (secondary N) is 1. The van der Waals surface area contributed by atoms with Crippen LogP contribution in [-0.2, 0) is 4.79 Å². The zero-order valence-electron chi connectivity index (χ0n) is 10.8. The van der Waals surface area contributed by atoms with Gasteiger partial charge in [-0.25, -0.2) is 4.98 Å². The second kappa shape index (κ2) is 4.97. The lowest BCUT2D eigenvalue weighted by atomic mass is 10.1. The lowest BCUT2D eigenvalue weighted by Gasteiger charge is -2.23. The molecule has 0 fully saturated rings. The molecule has 1 aliphatic heterocycles. The second-order valence-electron chi connectivity index (χ2n) is 4.45. The van der Waals surface area contributed by atoms with Gasteiger partial charge in [0.2, 0.25) is 0 Å². The van der Waals surface area contributed by atoms with Crippen LogP contribution in [0.4, 0.5) is 10.8 Å². The number of nitrogen functional groups attached to an aromatic ring is 1. The van der Waals surface area contributed by atoms with Crippen LogP contribution in [0.1, 0.15) is 18.2 Å². The number of hydrogen-bond donors (Lipinski definition) is 2. The third-order valence-corrected chi connectivity index (χ3v) is 3.61. The van der Waals surface area contributed by atoms with E-state index in [2.05, 4.69) is 10.3 Å². The van der Waals surface area contributed by atoms with Crippen molar-refractivity contribution >= 4 is 40.2 Å². The van der Waals surface area contributed by atoms with Crippen molar-refractivity contribution in [2.75, 3.05) is 11.1 Å². The Morgan fingerprint density at radius 3 is 3.05 bits per heavy atom. The van der Waals surface area contributed by atoms with Crippen molar-refractivity contribution in [2.24, 2.45) is 0 Å². The number of carbonyl (C=O) groups excluding carboxylic acids is 1. The number of nitrogens with two attached hydrogens (primary N) is 1. The predicted octanol–water partition coefficient (Wildman–Crippen LogP) is 2.62. The number of aromatic nitrogens is 1. The number of rotatable bonds is 2. The van der Waals surface area contributed by atoms with E-state index < -0.39 is 6.10 Å². The Hall–Kier alpha value is -2.34. The highest BCUT2D eigenvalue weighted by Gasteiger charge is 2.23. The molecule has 1 atom stereocenters. The number of thiazole rings is 1. The van der Waals surface area contributed by atoms with Gasteiger partial charge in [0.25, 0.3) is 5.91 Å². The summed E-state index contributed by atoms with van der Waals surface area (Å²) in [6.45, 7) is 1.72. The van der Waals surface area contributed by atoms with Gasteiger partial charge in [0, 0.05) is 5.38 Å². The molecule has 0 bridgehead atoms. The van der Waals surface area contributed by atoms with Gasteiger partial charge in [0.05, 0.1) is 11.4 Å². The van der Waals surface area contributed by atoms with Crippen LogP contribution in [0, 0.1) is 0 Å². The Morgan fingerprint density at radius 1 is 1.45 bits per heavy atom. The minimum absolute atomic E-state index is 0.133. The molecule has 0 saturated carbocycles. The van der Waals surface area contributed by atoms with E-state index in [1.54, 1.807) is 6.92 Å². The number of fused-ring (bicyclic) bond motifs is 1. The van der Waals surface area contributed by atoms with Crippen molar-refractivity contribution in [3.8, 4) is 5.75 Å². The molecule has 5 nitrogen and oxygen atoms in total. The minimum Gasteiger partial charge on any atom is -0.479 e. The molecule has 0 saturated heterocycles. The van der Waals surface area contributed by atoms with E-state index in [-0.39, 0.29) is 5.91 Å². The van der Waals surface area contributed by atoms with Gasteiger partial charge in [-0.2, -0.15) is 0 Å². The maximum atomic E-state index is 11.6. The standard InChI is InChI=1S/C14H13N3O2S/c1-8-13(18)17-11-6-9(3-5-12(11)19-8)2-4-10-7-20-14(15)16-10/h2-8H,1H3,(H2,15,16)(H,17,18). The van der Waals surface area contributed by atoms with Crippen molar-refractivity contribution in [3.05, 3.63) is 34.8 Å². The molecule has 3 N–H and O–H groups in total. The molecule has 3 rings (SSSR count). The van der Waals surface area contributed by atoms with Crippen LogP contribution in [0.15, 0.2) is 23.6 Å². The fraction of sp³-hybridized carbons (Fsp3) is 0.143. The Balaban J connectivity index is 1.84. The van der Waals surface area contributed by atoms with E-state index in [1.807, 2.05) is 35.7 Å². The quantitative estimate of drug-likeness (QED) is 0.890. The van der Waals surface area contributed by atoms with Gasteiger partial charge in [0.15, 0.2) is 11.2 Å². The molecule has 2 heterocycles. The Bertz CT molecular complexity index is 693. The number of hydrogen-bond acceptors (Lipinski definition) is 5. The summed E-state index contributed by atoms with van der Waals surface area (Å²) in [4.78, 5) is 15.7. The zero-order chi connectivity index (χ0) is 14.1. The van der Waals surface area contributed by atoms with Gasteiger partial charge in [-0.1, -0.05) is 12.1 Å².